The van der Waals surface area contributed by atoms with Gasteiger partial charge in [-0.1, -0.05) is 11.6 Å². The van der Waals surface area contributed by atoms with E-state index in [0.717, 1.165) is 46.1 Å². The van der Waals surface area contributed by atoms with Gasteiger partial charge < -0.3 is 14.9 Å². The smallest absolute Gasteiger partial charge is 0.254 e. The van der Waals surface area contributed by atoms with Gasteiger partial charge in [-0.2, -0.15) is 0 Å². The second-order valence-electron chi connectivity index (χ2n) is 8.40. The van der Waals surface area contributed by atoms with Gasteiger partial charge in [-0.25, -0.2) is 0 Å². The lowest BCUT2D eigenvalue weighted by atomic mass is 9.94. The van der Waals surface area contributed by atoms with Crippen LogP contribution in [-0.2, 0) is 0 Å². The second kappa shape index (κ2) is 7.56. The van der Waals surface area contributed by atoms with E-state index in [0.29, 0.717) is 26.1 Å². The molecule has 5 heteroatoms. The van der Waals surface area contributed by atoms with Crippen LogP contribution in [0.5, 0.6) is 0 Å². The fraction of sp³-hybridized carbons (Fsp3) is 0.545. The number of hydrogen-bond acceptors (Lipinski definition) is 4. The summed E-state index contributed by atoms with van der Waals surface area (Å²) in [6.45, 7) is 7.93. The van der Waals surface area contributed by atoms with Gasteiger partial charge in [0.2, 0.25) is 0 Å². The summed E-state index contributed by atoms with van der Waals surface area (Å²) in [5.74, 6) is 0.0459. The number of likely N-dealkylation sites (tertiary alicyclic amines) is 1. The summed E-state index contributed by atoms with van der Waals surface area (Å²) in [6, 6.07) is 6.07. The van der Waals surface area contributed by atoms with Gasteiger partial charge in [0.15, 0.2) is 0 Å². The van der Waals surface area contributed by atoms with Crippen molar-refractivity contribution in [2.75, 3.05) is 33.7 Å². The maximum Gasteiger partial charge on any atom is 0.254 e. The number of carbonyl (C=O) groups is 1. The summed E-state index contributed by atoms with van der Waals surface area (Å²) in [7, 11) is 3.95. The Morgan fingerprint density at radius 2 is 1.93 bits per heavy atom. The fourth-order valence-corrected chi connectivity index (χ4v) is 4.28. The summed E-state index contributed by atoms with van der Waals surface area (Å²) in [5.41, 5.74) is 4.00. The van der Waals surface area contributed by atoms with Crippen LogP contribution in [0.15, 0.2) is 18.2 Å². The highest BCUT2D eigenvalue weighted by atomic mass is 16.3. The van der Waals surface area contributed by atoms with Gasteiger partial charge in [0.05, 0.1) is 16.7 Å². The zero-order valence-electron chi connectivity index (χ0n) is 17.2. The molecule has 1 N–H and O–H groups in total. The Balaban J connectivity index is 1.92. The van der Waals surface area contributed by atoms with Crippen LogP contribution in [0.1, 0.15) is 46.4 Å². The molecular weight excluding hydrogens is 338 g/mol. The van der Waals surface area contributed by atoms with Gasteiger partial charge in [-0.3, -0.25) is 9.78 Å². The van der Waals surface area contributed by atoms with Crippen molar-refractivity contribution in [1.82, 2.24) is 14.8 Å². The molecule has 0 unspecified atom stereocenters. The summed E-state index contributed by atoms with van der Waals surface area (Å²) < 4.78 is 0. The third kappa shape index (κ3) is 4.30. The van der Waals surface area contributed by atoms with Gasteiger partial charge in [0.1, 0.15) is 0 Å². The van der Waals surface area contributed by atoms with Crippen molar-refractivity contribution in [3.05, 3.63) is 40.6 Å². The van der Waals surface area contributed by atoms with E-state index in [4.69, 9.17) is 0 Å². The molecule has 0 saturated carbocycles. The zero-order chi connectivity index (χ0) is 19.8. The van der Waals surface area contributed by atoms with Crippen LogP contribution in [0.2, 0.25) is 0 Å². The number of hydrogen-bond donors (Lipinski definition) is 1. The molecule has 1 saturated heterocycles. The minimum absolute atomic E-state index is 0.0459. The lowest BCUT2D eigenvalue weighted by molar-refractivity contribution is 0.00305. The van der Waals surface area contributed by atoms with Crippen molar-refractivity contribution in [3.8, 4) is 0 Å². The van der Waals surface area contributed by atoms with Crippen molar-refractivity contribution in [3.63, 3.8) is 0 Å². The number of fused-ring (bicyclic) bond motifs is 1. The van der Waals surface area contributed by atoms with Gasteiger partial charge >= 0.3 is 0 Å². The molecular formula is C22H31N3O2. The van der Waals surface area contributed by atoms with Crippen molar-refractivity contribution in [2.45, 2.75) is 45.6 Å². The summed E-state index contributed by atoms with van der Waals surface area (Å²) in [5, 5.41) is 11.8. The summed E-state index contributed by atoms with van der Waals surface area (Å²) >= 11 is 0. The van der Waals surface area contributed by atoms with E-state index < -0.39 is 5.60 Å². The van der Waals surface area contributed by atoms with Gasteiger partial charge in [-0.15, -0.1) is 0 Å². The number of nitrogens with zero attached hydrogens (tertiary/aromatic N) is 3. The Morgan fingerprint density at radius 3 is 2.63 bits per heavy atom. The molecule has 3 rings (SSSR count). The number of aromatic nitrogens is 1. The average Bonchev–Trinajstić information content (AvgIpc) is 2.75. The van der Waals surface area contributed by atoms with E-state index in [-0.39, 0.29) is 5.91 Å². The average molecular weight is 370 g/mol. The maximum atomic E-state index is 13.4. The monoisotopic (exact) mass is 369 g/mol. The van der Waals surface area contributed by atoms with E-state index in [1.54, 1.807) is 0 Å². The van der Waals surface area contributed by atoms with Crippen LogP contribution >= 0.6 is 0 Å². The largest absolute Gasteiger partial charge is 0.388 e. The first-order chi connectivity index (χ1) is 12.7. The number of benzene rings is 1. The Morgan fingerprint density at radius 1 is 1.19 bits per heavy atom. The predicted octanol–water partition coefficient (Wildman–Crippen LogP) is 3.08. The SMILES string of the molecule is Cc1cc(C)c2nc(C)cc(C(=O)N3CCC[C@@](O)(CN(C)C)CC3)c2c1. The van der Waals surface area contributed by atoms with E-state index in [1.807, 2.05) is 50.7 Å². The molecule has 1 aliphatic heterocycles. The molecule has 1 aromatic heterocycles. The second-order valence-corrected chi connectivity index (χ2v) is 8.40. The van der Waals surface area contributed by atoms with Crippen molar-refractivity contribution >= 4 is 16.8 Å². The molecule has 1 amide bonds. The van der Waals surface area contributed by atoms with Crippen LogP contribution in [0.3, 0.4) is 0 Å². The standard InChI is InChI=1S/C22H31N3O2/c1-15-11-16(2)20-18(12-15)19(13-17(3)23-20)21(26)25-9-6-7-22(27,8-10-25)14-24(4)5/h11-13,27H,6-10,14H2,1-5H3/t22-/m0/s1. The van der Waals surface area contributed by atoms with Gasteiger partial charge in [0.25, 0.3) is 5.91 Å². The number of amides is 1. The Labute approximate surface area is 162 Å². The number of likely N-dealkylation sites (N-methyl/N-ethyl adjacent to an activating group) is 1. The van der Waals surface area contributed by atoms with Crippen LogP contribution < -0.4 is 0 Å². The maximum absolute atomic E-state index is 13.4. The molecule has 1 fully saturated rings. The highest BCUT2D eigenvalue weighted by molar-refractivity contribution is 6.07. The lowest BCUT2D eigenvalue weighted by Crippen LogP contribution is -2.41. The minimum atomic E-state index is -0.720. The molecule has 0 bridgehead atoms. The van der Waals surface area contributed by atoms with Crippen LogP contribution in [-0.4, -0.2) is 65.1 Å². The van der Waals surface area contributed by atoms with Crippen molar-refractivity contribution < 1.29 is 9.90 Å². The predicted molar refractivity (Wildman–Crippen MR) is 109 cm³/mol. The van der Waals surface area contributed by atoms with E-state index in [9.17, 15) is 9.90 Å². The topological polar surface area (TPSA) is 56.7 Å². The molecule has 1 aliphatic rings. The van der Waals surface area contributed by atoms with Crippen LogP contribution in [0, 0.1) is 20.8 Å². The molecule has 0 aliphatic carbocycles. The van der Waals surface area contributed by atoms with Crippen LogP contribution in [0.4, 0.5) is 0 Å². The molecule has 0 spiro atoms. The summed E-state index contributed by atoms with van der Waals surface area (Å²) in [6.07, 6.45) is 2.15. The third-order valence-electron chi connectivity index (χ3n) is 5.42. The Bertz CT molecular complexity index is 862. The van der Waals surface area contributed by atoms with Crippen molar-refractivity contribution in [1.29, 1.82) is 0 Å². The molecule has 5 nitrogen and oxygen atoms in total. The number of rotatable bonds is 3. The van der Waals surface area contributed by atoms with Gasteiger partial charge in [-0.05, 0) is 71.8 Å². The molecule has 2 aromatic rings. The molecule has 146 valence electrons. The number of aliphatic hydroxyl groups is 1. The Hall–Kier alpha value is -1.98. The number of carbonyl (C=O) groups excluding carboxylic acids is 1. The third-order valence-corrected chi connectivity index (χ3v) is 5.42. The zero-order valence-corrected chi connectivity index (χ0v) is 17.2. The van der Waals surface area contributed by atoms with E-state index in [1.165, 1.54) is 0 Å². The van der Waals surface area contributed by atoms with Gasteiger partial charge in [0, 0.05) is 30.7 Å². The quantitative estimate of drug-likeness (QED) is 0.903. The normalized spacial score (nSPS) is 20.9. The Kier molecular flexibility index (Phi) is 5.54. The highest BCUT2D eigenvalue weighted by Crippen LogP contribution is 2.27. The number of aryl methyl sites for hydroxylation is 3. The molecule has 0 radical (unpaired) electrons. The van der Waals surface area contributed by atoms with E-state index in [2.05, 4.69) is 17.1 Å². The minimum Gasteiger partial charge on any atom is -0.388 e. The molecule has 2 heterocycles. The van der Waals surface area contributed by atoms with Crippen molar-refractivity contribution in [2.24, 2.45) is 0 Å². The van der Waals surface area contributed by atoms with Crippen LogP contribution in [0.25, 0.3) is 10.9 Å². The molecule has 27 heavy (non-hydrogen) atoms. The highest BCUT2D eigenvalue weighted by Gasteiger charge is 2.32. The number of pyridine rings is 1. The van der Waals surface area contributed by atoms with E-state index >= 15 is 0 Å². The first-order valence-electron chi connectivity index (χ1n) is 9.73. The first kappa shape index (κ1) is 19.8. The summed E-state index contributed by atoms with van der Waals surface area (Å²) in [4.78, 5) is 22.0. The molecule has 1 atom stereocenters. The first-order valence-corrected chi connectivity index (χ1v) is 9.73. The fourth-order valence-electron chi connectivity index (χ4n) is 4.28. The lowest BCUT2D eigenvalue weighted by Gasteiger charge is -2.30. The molecule has 1 aromatic carbocycles.